The maximum atomic E-state index is 6.41. The fourth-order valence-corrected chi connectivity index (χ4v) is 7.55. The van der Waals surface area contributed by atoms with Gasteiger partial charge in [-0.05, 0) is 64.4 Å². The van der Waals surface area contributed by atoms with Crippen LogP contribution in [0, 0.1) is 0 Å². The fourth-order valence-electron chi connectivity index (χ4n) is 6.19. The van der Waals surface area contributed by atoms with E-state index in [1.54, 1.807) is 0 Å². The van der Waals surface area contributed by atoms with Crippen molar-refractivity contribution >= 4 is 75.3 Å². The van der Waals surface area contributed by atoms with Crippen LogP contribution in [0.15, 0.2) is 132 Å². The molecule has 0 saturated heterocycles. The molecule has 0 N–H and O–H groups in total. The molecule has 2 nitrogen and oxygen atoms in total. The Morgan fingerprint density at radius 1 is 0.513 bits per heavy atom. The monoisotopic (exact) mass is 515 g/mol. The van der Waals surface area contributed by atoms with Crippen LogP contribution >= 0.6 is 11.3 Å². The summed E-state index contributed by atoms with van der Waals surface area (Å²) in [6, 6.07) is 45.7. The quantitative estimate of drug-likeness (QED) is 0.224. The van der Waals surface area contributed by atoms with Gasteiger partial charge >= 0.3 is 0 Å². The molecular formula is C36H21NOS. The molecule has 9 aromatic rings. The van der Waals surface area contributed by atoms with Gasteiger partial charge in [-0.15, -0.1) is 11.3 Å². The number of furan rings is 1. The van der Waals surface area contributed by atoms with Crippen LogP contribution in [-0.4, -0.2) is 4.57 Å². The number of hydrogen-bond donors (Lipinski definition) is 0. The lowest BCUT2D eigenvalue weighted by Crippen LogP contribution is -1.92. The molecule has 3 heteroatoms. The molecule has 0 aliphatic heterocycles. The summed E-state index contributed by atoms with van der Waals surface area (Å²) >= 11 is 1.89. The fraction of sp³-hybridized carbons (Fsp3) is 0. The molecule has 0 spiro atoms. The predicted molar refractivity (Wildman–Crippen MR) is 166 cm³/mol. The lowest BCUT2D eigenvalue weighted by Gasteiger charge is -2.08. The molecule has 0 aliphatic carbocycles. The van der Waals surface area contributed by atoms with Crippen LogP contribution in [-0.2, 0) is 0 Å². The Balaban J connectivity index is 1.31. The molecule has 0 saturated carbocycles. The summed E-state index contributed by atoms with van der Waals surface area (Å²) in [6.07, 6.45) is 0. The summed E-state index contributed by atoms with van der Waals surface area (Å²) in [5, 5.41) is 7.33. The minimum Gasteiger partial charge on any atom is -0.456 e. The second-order valence-electron chi connectivity index (χ2n) is 10.2. The van der Waals surface area contributed by atoms with Crippen molar-refractivity contribution in [1.29, 1.82) is 0 Å². The molecule has 0 aliphatic rings. The van der Waals surface area contributed by atoms with Crippen LogP contribution in [0.5, 0.6) is 0 Å². The lowest BCUT2D eigenvalue weighted by molar-refractivity contribution is 0.669. The van der Waals surface area contributed by atoms with Crippen LogP contribution in [0.2, 0.25) is 0 Å². The highest BCUT2D eigenvalue weighted by atomic mass is 32.1. The Bertz CT molecular complexity index is 2390. The molecule has 3 aromatic heterocycles. The third-order valence-electron chi connectivity index (χ3n) is 7.97. The van der Waals surface area contributed by atoms with Crippen molar-refractivity contribution in [3.05, 3.63) is 127 Å². The summed E-state index contributed by atoms with van der Waals surface area (Å²) in [5.74, 6) is 0. The number of rotatable bonds is 2. The van der Waals surface area contributed by atoms with Crippen molar-refractivity contribution in [3.63, 3.8) is 0 Å². The third-order valence-corrected chi connectivity index (χ3v) is 9.23. The topological polar surface area (TPSA) is 18.1 Å². The van der Waals surface area contributed by atoms with Gasteiger partial charge < -0.3 is 8.98 Å². The molecule has 0 bridgehead atoms. The molecular weight excluding hydrogens is 494 g/mol. The van der Waals surface area contributed by atoms with E-state index in [1.807, 2.05) is 11.3 Å². The minimum absolute atomic E-state index is 0.926. The van der Waals surface area contributed by atoms with Crippen molar-refractivity contribution in [2.75, 3.05) is 0 Å². The summed E-state index contributed by atoms with van der Waals surface area (Å²) in [7, 11) is 0. The molecule has 182 valence electrons. The Morgan fingerprint density at radius 3 is 2.15 bits per heavy atom. The van der Waals surface area contributed by atoms with Crippen LogP contribution in [0.1, 0.15) is 0 Å². The molecule has 9 rings (SSSR count). The summed E-state index contributed by atoms with van der Waals surface area (Å²) in [6.45, 7) is 0. The van der Waals surface area contributed by atoms with Gasteiger partial charge in [-0.25, -0.2) is 0 Å². The van der Waals surface area contributed by atoms with E-state index in [0.29, 0.717) is 0 Å². The first-order valence-electron chi connectivity index (χ1n) is 13.2. The van der Waals surface area contributed by atoms with E-state index in [-0.39, 0.29) is 0 Å². The summed E-state index contributed by atoms with van der Waals surface area (Å²) in [4.78, 5) is 0. The van der Waals surface area contributed by atoms with E-state index in [0.717, 1.165) is 16.6 Å². The van der Waals surface area contributed by atoms with Gasteiger partial charge in [0.2, 0.25) is 0 Å². The van der Waals surface area contributed by atoms with Gasteiger partial charge in [-0.2, -0.15) is 0 Å². The number of benzene rings is 6. The molecule has 0 amide bonds. The van der Waals surface area contributed by atoms with Crippen LogP contribution < -0.4 is 0 Å². The van der Waals surface area contributed by atoms with Gasteiger partial charge in [0.25, 0.3) is 0 Å². The molecule has 0 unspecified atom stereocenters. The van der Waals surface area contributed by atoms with Crippen LogP contribution in [0.3, 0.4) is 0 Å². The zero-order chi connectivity index (χ0) is 25.5. The zero-order valence-electron chi connectivity index (χ0n) is 20.9. The molecule has 0 fully saturated rings. The maximum absolute atomic E-state index is 6.41. The minimum atomic E-state index is 0.926. The Hall–Kier alpha value is -4.86. The predicted octanol–water partition coefficient (Wildman–Crippen LogP) is 10.7. The average Bonchev–Trinajstić information content (AvgIpc) is 3.64. The molecule has 0 atom stereocenters. The molecule has 39 heavy (non-hydrogen) atoms. The first-order valence-corrected chi connectivity index (χ1v) is 14.0. The standard InChI is InChI=1S/C36H21NOS/c1-2-11-25(12-3-1)37-31-16-7-6-13-28(31)36-34(37)29-15-8-14-26(35(29)39-36)24-17-18-27-30-19-22-9-4-5-10-23(22)20-33(30)38-32(27)21-24/h1-21H. The van der Waals surface area contributed by atoms with Crippen LogP contribution in [0.4, 0.5) is 0 Å². The number of hydrogen-bond acceptors (Lipinski definition) is 2. The Kier molecular flexibility index (Phi) is 4.24. The van der Waals surface area contributed by atoms with E-state index in [2.05, 4.69) is 132 Å². The molecule has 3 heterocycles. The first-order chi connectivity index (χ1) is 19.3. The molecule has 6 aromatic carbocycles. The van der Waals surface area contributed by atoms with E-state index < -0.39 is 0 Å². The molecule has 0 radical (unpaired) electrons. The highest BCUT2D eigenvalue weighted by Crippen LogP contribution is 2.46. The third kappa shape index (κ3) is 2.96. The second kappa shape index (κ2) is 7.83. The van der Waals surface area contributed by atoms with Crippen molar-refractivity contribution in [3.8, 4) is 16.8 Å². The van der Waals surface area contributed by atoms with Gasteiger partial charge in [0.05, 0.1) is 15.7 Å². The zero-order valence-corrected chi connectivity index (χ0v) is 21.7. The summed E-state index contributed by atoms with van der Waals surface area (Å²) < 4.78 is 11.5. The van der Waals surface area contributed by atoms with E-state index in [9.17, 15) is 0 Å². The number of thiophene rings is 1. The number of nitrogens with zero attached hydrogens (tertiary/aromatic N) is 1. The van der Waals surface area contributed by atoms with E-state index in [4.69, 9.17) is 4.42 Å². The number of aromatic nitrogens is 1. The number of fused-ring (bicyclic) bond motifs is 9. The lowest BCUT2D eigenvalue weighted by atomic mass is 10.0. The highest BCUT2D eigenvalue weighted by Gasteiger charge is 2.20. The normalized spacial score (nSPS) is 12.1. The van der Waals surface area contributed by atoms with Crippen molar-refractivity contribution in [1.82, 2.24) is 4.57 Å². The second-order valence-corrected chi connectivity index (χ2v) is 11.2. The SMILES string of the molecule is c1ccc(-n2c3ccccc3c3sc4c(-c5ccc6c(c5)oc5cc7ccccc7cc56)cccc4c32)cc1. The van der Waals surface area contributed by atoms with Gasteiger partial charge in [0, 0.05) is 31.9 Å². The first kappa shape index (κ1) is 21.1. The highest BCUT2D eigenvalue weighted by molar-refractivity contribution is 7.27. The van der Waals surface area contributed by atoms with Crippen LogP contribution in [0.25, 0.3) is 80.7 Å². The largest absolute Gasteiger partial charge is 0.456 e. The van der Waals surface area contributed by atoms with Crippen molar-refractivity contribution in [2.45, 2.75) is 0 Å². The van der Waals surface area contributed by atoms with Gasteiger partial charge in [-0.3, -0.25) is 0 Å². The number of para-hydroxylation sites is 2. The van der Waals surface area contributed by atoms with Crippen molar-refractivity contribution < 1.29 is 4.42 Å². The average molecular weight is 516 g/mol. The Labute approximate surface area is 227 Å². The van der Waals surface area contributed by atoms with E-state index >= 15 is 0 Å². The van der Waals surface area contributed by atoms with Gasteiger partial charge in [0.15, 0.2) is 0 Å². The maximum Gasteiger partial charge on any atom is 0.136 e. The van der Waals surface area contributed by atoms with Gasteiger partial charge in [0.1, 0.15) is 11.2 Å². The summed E-state index contributed by atoms with van der Waals surface area (Å²) in [5.41, 5.74) is 7.99. The Morgan fingerprint density at radius 2 is 1.26 bits per heavy atom. The van der Waals surface area contributed by atoms with Crippen molar-refractivity contribution in [2.24, 2.45) is 0 Å². The van der Waals surface area contributed by atoms with Gasteiger partial charge in [-0.1, -0.05) is 84.9 Å². The van der Waals surface area contributed by atoms with E-state index in [1.165, 1.54) is 64.2 Å². The smallest absolute Gasteiger partial charge is 0.136 e.